The number of hydrogen-bond donors (Lipinski definition) is 0. The summed E-state index contributed by atoms with van der Waals surface area (Å²) in [5.74, 6) is 1.03. The second kappa shape index (κ2) is 5.71. The van der Waals surface area contributed by atoms with Crippen LogP contribution in [0.3, 0.4) is 0 Å². The molecule has 2 rings (SSSR count). The average molecular weight is 276 g/mol. The van der Waals surface area contributed by atoms with Crippen LogP contribution < -0.4 is 4.74 Å². The second-order valence-corrected chi connectivity index (χ2v) is 4.73. The van der Waals surface area contributed by atoms with Crippen LogP contribution in [0.15, 0.2) is 41.4 Å². The summed E-state index contributed by atoms with van der Waals surface area (Å²) in [5.41, 5.74) is 0.589. The lowest BCUT2D eigenvalue weighted by Crippen LogP contribution is -1.94. The number of rotatable bonds is 4. The zero-order valence-electron chi connectivity index (χ0n) is 10.5. The Bertz CT molecular complexity index is 599. The van der Waals surface area contributed by atoms with Crippen LogP contribution in [0.4, 0.5) is 5.69 Å². The fourth-order valence-electron chi connectivity index (χ4n) is 1.51. The van der Waals surface area contributed by atoms with E-state index in [1.165, 1.54) is 12.3 Å². The number of nitrogens with zero attached hydrogens (tertiary/aromatic N) is 2. The van der Waals surface area contributed by atoms with Crippen LogP contribution in [0.25, 0.3) is 0 Å². The van der Waals surface area contributed by atoms with Gasteiger partial charge in [0.25, 0.3) is 5.69 Å². The van der Waals surface area contributed by atoms with Gasteiger partial charge in [0, 0.05) is 16.5 Å². The van der Waals surface area contributed by atoms with E-state index in [4.69, 9.17) is 4.74 Å². The quantitative estimate of drug-likeness (QED) is 0.482. The van der Waals surface area contributed by atoms with Crippen molar-refractivity contribution in [1.82, 2.24) is 4.98 Å². The lowest BCUT2D eigenvalue weighted by Gasteiger charge is -2.07. The predicted molar refractivity (Wildman–Crippen MR) is 73.9 cm³/mol. The largest absolute Gasteiger partial charge is 0.439 e. The molecule has 0 saturated carbocycles. The van der Waals surface area contributed by atoms with Gasteiger partial charge in [-0.05, 0) is 37.4 Å². The maximum Gasteiger partial charge on any atom is 0.288 e. The third-order valence-electron chi connectivity index (χ3n) is 2.50. The van der Waals surface area contributed by atoms with Gasteiger partial charge in [-0.15, -0.1) is 11.8 Å². The van der Waals surface area contributed by atoms with Crippen molar-refractivity contribution in [2.24, 2.45) is 0 Å². The van der Waals surface area contributed by atoms with Gasteiger partial charge >= 0.3 is 0 Å². The molecule has 5 nitrogen and oxygen atoms in total. The molecule has 0 unspecified atom stereocenters. The highest BCUT2D eigenvalue weighted by Crippen LogP contribution is 2.26. The normalized spacial score (nSPS) is 10.2. The van der Waals surface area contributed by atoms with Crippen molar-refractivity contribution in [1.29, 1.82) is 0 Å². The number of benzene rings is 1. The molecule has 0 saturated heterocycles. The van der Waals surface area contributed by atoms with E-state index in [1.54, 1.807) is 18.7 Å². The number of thioether (sulfide) groups is 1. The predicted octanol–water partition coefficient (Wildman–Crippen LogP) is 3.81. The first-order valence-electron chi connectivity index (χ1n) is 5.53. The number of ether oxygens (including phenoxy) is 1. The fourth-order valence-corrected chi connectivity index (χ4v) is 1.92. The van der Waals surface area contributed by atoms with Gasteiger partial charge in [-0.2, -0.15) is 0 Å². The van der Waals surface area contributed by atoms with Gasteiger partial charge in [-0.1, -0.05) is 0 Å². The molecule has 0 aliphatic heterocycles. The smallest absolute Gasteiger partial charge is 0.288 e. The number of aryl methyl sites for hydroxylation is 1. The van der Waals surface area contributed by atoms with Gasteiger partial charge in [0.2, 0.25) is 5.88 Å². The van der Waals surface area contributed by atoms with Crippen molar-refractivity contribution in [3.05, 3.63) is 52.2 Å². The van der Waals surface area contributed by atoms with Gasteiger partial charge in [-0.25, -0.2) is 4.98 Å². The van der Waals surface area contributed by atoms with Crippen LogP contribution in [0.2, 0.25) is 0 Å². The second-order valence-electron chi connectivity index (χ2n) is 3.85. The Morgan fingerprint density at radius 3 is 2.53 bits per heavy atom. The molecule has 0 bridgehead atoms. The molecule has 2 aromatic rings. The van der Waals surface area contributed by atoms with Crippen LogP contribution in [0.1, 0.15) is 5.56 Å². The Kier molecular flexibility index (Phi) is 4.01. The molecule has 0 amide bonds. The number of hydrogen-bond acceptors (Lipinski definition) is 5. The van der Waals surface area contributed by atoms with Gasteiger partial charge in [0.1, 0.15) is 11.9 Å². The SMILES string of the molecule is CSc1ccc(Oc2ncc([N+](=O)[O-])cc2C)cc1. The van der Waals surface area contributed by atoms with Crippen molar-refractivity contribution >= 4 is 17.4 Å². The number of nitro groups is 1. The van der Waals surface area contributed by atoms with Crippen molar-refractivity contribution in [2.45, 2.75) is 11.8 Å². The molecule has 0 aliphatic rings. The molecule has 0 spiro atoms. The van der Waals surface area contributed by atoms with E-state index >= 15 is 0 Å². The minimum atomic E-state index is -0.475. The first-order chi connectivity index (χ1) is 9.10. The Balaban J connectivity index is 2.20. The summed E-state index contributed by atoms with van der Waals surface area (Å²) >= 11 is 1.65. The molecule has 0 N–H and O–H groups in total. The van der Waals surface area contributed by atoms with E-state index in [0.29, 0.717) is 17.2 Å². The minimum Gasteiger partial charge on any atom is -0.439 e. The third-order valence-corrected chi connectivity index (χ3v) is 3.24. The van der Waals surface area contributed by atoms with E-state index < -0.39 is 4.92 Å². The monoisotopic (exact) mass is 276 g/mol. The van der Waals surface area contributed by atoms with Crippen molar-refractivity contribution in [3.8, 4) is 11.6 Å². The lowest BCUT2D eigenvalue weighted by atomic mass is 10.3. The molecule has 6 heteroatoms. The molecule has 1 aromatic heterocycles. The third kappa shape index (κ3) is 3.23. The molecule has 0 fully saturated rings. The topological polar surface area (TPSA) is 65.3 Å². The van der Waals surface area contributed by atoms with Gasteiger partial charge in [0.15, 0.2) is 0 Å². The van der Waals surface area contributed by atoms with Crippen molar-refractivity contribution in [3.63, 3.8) is 0 Å². The lowest BCUT2D eigenvalue weighted by molar-refractivity contribution is -0.385. The molecule has 0 atom stereocenters. The molecule has 1 heterocycles. The van der Waals surface area contributed by atoms with E-state index in [0.717, 1.165) is 4.90 Å². The van der Waals surface area contributed by atoms with Crippen LogP contribution in [0, 0.1) is 17.0 Å². The highest BCUT2D eigenvalue weighted by atomic mass is 32.2. The molecule has 0 radical (unpaired) electrons. The highest BCUT2D eigenvalue weighted by molar-refractivity contribution is 7.98. The van der Waals surface area contributed by atoms with Gasteiger partial charge in [-0.3, -0.25) is 10.1 Å². The summed E-state index contributed by atoms with van der Waals surface area (Å²) < 4.78 is 5.60. The number of aromatic nitrogens is 1. The average Bonchev–Trinajstić information content (AvgIpc) is 2.41. The van der Waals surface area contributed by atoms with Crippen molar-refractivity contribution < 1.29 is 9.66 Å². The van der Waals surface area contributed by atoms with Gasteiger partial charge in [0.05, 0.1) is 4.92 Å². The fraction of sp³-hybridized carbons (Fsp3) is 0.154. The zero-order chi connectivity index (χ0) is 13.8. The summed E-state index contributed by atoms with van der Waals surface area (Å²) in [6.07, 6.45) is 3.19. The standard InChI is InChI=1S/C13H12N2O3S/c1-9-7-10(15(16)17)8-14-13(9)18-11-3-5-12(19-2)6-4-11/h3-8H,1-2H3. The first kappa shape index (κ1) is 13.4. The summed E-state index contributed by atoms with van der Waals surface area (Å²) in [5, 5.41) is 10.6. The van der Waals surface area contributed by atoms with Crippen LogP contribution in [0.5, 0.6) is 11.6 Å². The highest BCUT2D eigenvalue weighted by Gasteiger charge is 2.10. The molecular weight excluding hydrogens is 264 g/mol. The van der Waals surface area contributed by atoms with E-state index in [2.05, 4.69) is 4.98 Å². The number of pyridine rings is 1. The van der Waals surface area contributed by atoms with Gasteiger partial charge < -0.3 is 4.74 Å². The molecular formula is C13H12N2O3S. The Hall–Kier alpha value is -2.08. The van der Waals surface area contributed by atoms with Crippen molar-refractivity contribution in [2.75, 3.05) is 6.26 Å². The maximum absolute atomic E-state index is 10.6. The molecule has 19 heavy (non-hydrogen) atoms. The Labute approximate surface area is 114 Å². The van der Waals surface area contributed by atoms with E-state index in [9.17, 15) is 10.1 Å². The molecule has 0 aliphatic carbocycles. The van der Waals surface area contributed by atoms with Crippen LogP contribution in [-0.4, -0.2) is 16.2 Å². The van der Waals surface area contributed by atoms with Crippen LogP contribution >= 0.6 is 11.8 Å². The minimum absolute atomic E-state index is 0.0393. The zero-order valence-corrected chi connectivity index (χ0v) is 11.3. The van der Waals surface area contributed by atoms with Crippen LogP contribution in [-0.2, 0) is 0 Å². The maximum atomic E-state index is 10.6. The Morgan fingerprint density at radius 2 is 2.00 bits per heavy atom. The summed E-state index contributed by atoms with van der Waals surface area (Å²) in [7, 11) is 0. The summed E-state index contributed by atoms with van der Waals surface area (Å²) in [6, 6.07) is 9.02. The summed E-state index contributed by atoms with van der Waals surface area (Å²) in [6.45, 7) is 1.73. The van der Waals surface area contributed by atoms with E-state index in [-0.39, 0.29) is 5.69 Å². The molecule has 1 aromatic carbocycles. The summed E-state index contributed by atoms with van der Waals surface area (Å²) in [4.78, 5) is 15.2. The van der Waals surface area contributed by atoms with E-state index in [1.807, 2.05) is 30.5 Å². The molecule has 98 valence electrons. The first-order valence-corrected chi connectivity index (χ1v) is 6.75. The Morgan fingerprint density at radius 1 is 1.32 bits per heavy atom.